The maximum absolute atomic E-state index is 12.0. The van der Waals surface area contributed by atoms with Crippen molar-refractivity contribution in [1.29, 1.82) is 0 Å². The molecule has 0 spiro atoms. The predicted octanol–water partition coefficient (Wildman–Crippen LogP) is 2.02. The fraction of sp³-hybridized carbons (Fsp3) is 0.222. The molecule has 1 N–H and O–H groups in total. The van der Waals surface area contributed by atoms with E-state index in [1.807, 2.05) is 6.07 Å². The average Bonchev–Trinajstić information content (AvgIpc) is 2.65. The van der Waals surface area contributed by atoms with Crippen molar-refractivity contribution in [3.63, 3.8) is 0 Å². The number of hydrogen-bond acceptors (Lipinski definition) is 6. The minimum absolute atomic E-state index is 0.0351. The molecule has 0 saturated carbocycles. The van der Waals surface area contributed by atoms with Gasteiger partial charge < -0.3 is 24.3 Å². The lowest BCUT2D eigenvalue weighted by Gasteiger charge is -2.24. The summed E-state index contributed by atoms with van der Waals surface area (Å²) in [6, 6.07) is 13.9. The molecule has 130 valence electrons. The van der Waals surface area contributed by atoms with E-state index < -0.39 is 24.6 Å². The lowest BCUT2D eigenvalue weighted by Crippen LogP contribution is -2.39. The summed E-state index contributed by atoms with van der Waals surface area (Å²) in [6.07, 6.45) is -0.903. The molecule has 7 heteroatoms. The molecule has 1 unspecified atom stereocenters. The van der Waals surface area contributed by atoms with Crippen LogP contribution >= 0.6 is 0 Å². The van der Waals surface area contributed by atoms with E-state index in [9.17, 15) is 9.59 Å². The van der Waals surface area contributed by atoms with Crippen molar-refractivity contribution in [2.45, 2.75) is 6.10 Å². The van der Waals surface area contributed by atoms with Crippen molar-refractivity contribution in [3.8, 4) is 17.2 Å². The van der Waals surface area contributed by atoms with Crippen LogP contribution in [0, 0.1) is 0 Å². The smallest absolute Gasteiger partial charge is 0.351 e. The van der Waals surface area contributed by atoms with Gasteiger partial charge in [-0.05, 0) is 24.3 Å². The number of anilines is 1. The molecule has 1 aliphatic rings. The number of rotatable bonds is 5. The monoisotopic (exact) mass is 343 g/mol. The Morgan fingerprint density at radius 1 is 1.16 bits per heavy atom. The lowest BCUT2D eigenvalue weighted by atomic mass is 10.2. The van der Waals surface area contributed by atoms with E-state index >= 15 is 0 Å². The molecule has 25 heavy (non-hydrogen) atoms. The van der Waals surface area contributed by atoms with Crippen LogP contribution in [0.5, 0.6) is 17.2 Å². The number of hydrogen-bond donors (Lipinski definition) is 1. The number of fused-ring (bicyclic) bond motifs is 1. The molecule has 1 atom stereocenters. The highest BCUT2D eigenvalue weighted by Crippen LogP contribution is 2.31. The Kier molecular flexibility index (Phi) is 5.03. The van der Waals surface area contributed by atoms with Crippen LogP contribution in [0.1, 0.15) is 0 Å². The predicted molar refractivity (Wildman–Crippen MR) is 88.9 cm³/mol. The summed E-state index contributed by atoms with van der Waals surface area (Å²) in [5.74, 6) is 0.536. The minimum atomic E-state index is -0.903. The highest BCUT2D eigenvalue weighted by molar-refractivity contribution is 5.93. The molecule has 7 nitrogen and oxygen atoms in total. The van der Waals surface area contributed by atoms with Gasteiger partial charge in [-0.15, -0.1) is 0 Å². The van der Waals surface area contributed by atoms with E-state index in [4.69, 9.17) is 18.9 Å². The van der Waals surface area contributed by atoms with Crippen LogP contribution in [-0.2, 0) is 14.3 Å². The molecular formula is C18H17NO6. The van der Waals surface area contributed by atoms with E-state index in [0.717, 1.165) is 0 Å². The molecule has 0 saturated heterocycles. The molecule has 3 rings (SSSR count). The van der Waals surface area contributed by atoms with Gasteiger partial charge in [0.2, 0.25) is 6.10 Å². The Hall–Kier alpha value is -3.22. The van der Waals surface area contributed by atoms with E-state index in [1.54, 1.807) is 42.5 Å². The summed E-state index contributed by atoms with van der Waals surface area (Å²) in [5, 5.41) is 2.62. The molecule has 1 amide bonds. The third-order valence-electron chi connectivity index (χ3n) is 3.47. The number of amides is 1. The molecule has 0 aliphatic carbocycles. The average molecular weight is 343 g/mol. The molecule has 0 fully saturated rings. The number of carbonyl (C=O) groups is 2. The summed E-state index contributed by atoms with van der Waals surface area (Å²) >= 11 is 0. The fourth-order valence-corrected chi connectivity index (χ4v) is 2.26. The zero-order chi connectivity index (χ0) is 17.6. The number of para-hydroxylation sites is 2. The number of methoxy groups -OCH3 is 1. The van der Waals surface area contributed by atoms with Crippen LogP contribution in [-0.4, -0.2) is 38.3 Å². The van der Waals surface area contributed by atoms with Crippen LogP contribution < -0.4 is 19.5 Å². The van der Waals surface area contributed by atoms with Gasteiger partial charge in [-0.2, -0.15) is 0 Å². The maximum Gasteiger partial charge on any atom is 0.351 e. The van der Waals surface area contributed by atoms with Crippen molar-refractivity contribution < 1.29 is 28.5 Å². The molecule has 2 aromatic rings. The van der Waals surface area contributed by atoms with Crippen LogP contribution in [0.15, 0.2) is 48.5 Å². The van der Waals surface area contributed by atoms with E-state index in [2.05, 4.69) is 5.32 Å². The van der Waals surface area contributed by atoms with Gasteiger partial charge in [0.05, 0.1) is 7.11 Å². The van der Waals surface area contributed by atoms with Crippen LogP contribution in [0.25, 0.3) is 0 Å². The summed E-state index contributed by atoms with van der Waals surface area (Å²) < 4.78 is 21.0. The number of carbonyl (C=O) groups excluding carboxylic acids is 2. The highest BCUT2D eigenvalue weighted by Gasteiger charge is 2.29. The van der Waals surface area contributed by atoms with Crippen molar-refractivity contribution >= 4 is 17.6 Å². The number of benzene rings is 2. The van der Waals surface area contributed by atoms with E-state index in [0.29, 0.717) is 22.9 Å². The van der Waals surface area contributed by atoms with Crippen LogP contribution in [0.2, 0.25) is 0 Å². The van der Waals surface area contributed by atoms with Gasteiger partial charge in [0, 0.05) is 11.8 Å². The second-order valence-electron chi connectivity index (χ2n) is 5.25. The largest absolute Gasteiger partial charge is 0.497 e. The summed E-state index contributed by atoms with van der Waals surface area (Å²) in [7, 11) is 1.53. The first-order valence-corrected chi connectivity index (χ1v) is 7.65. The Bertz CT molecular complexity index is 776. The first kappa shape index (κ1) is 16.6. The summed E-state index contributed by atoms with van der Waals surface area (Å²) in [5.41, 5.74) is 0.548. The molecule has 1 heterocycles. The maximum atomic E-state index is 12.0. The van der Waals surface area contributed by atoms with Crippen molar-refractivity contribution in [3.05, 3.63) is 48.5 Å². The fourth-order valence-electron chi connectivity index (χ4n) is 2.26. The molecule has 2 aromatic carbocycles. The SMILES string of the molecule is COc1cccc(NC(=O)COC(=O)C2COc3ccccc3O2)c1. The quantitative estimate of drug-likeness (QED) is 0.836. The summed E-state index contributed by atoms with van der Waals surface area (Å²) in [4.78, 5) is 23.9. The second-order valence-corrected chi connectivity index (χ2v) is 5.25. The second kappa shape index (κ2) is 7.57. The standard InChI is InChI=1S/C18H17NO6/c1-22-13-6-4-5-12(9-13)19-17(20)11-24-18(21)16-10-23-14-7-2-3-8-15(14)25-16/h2-9,16H,10-11H2,1H3,(H,19,20). The first-order chi connectivity index (χ1) is 12.2. The third kappa shape index (κ3) is 4.20. The van der Waals surface area contributed by atoms with E-state index in [-0.39, 0.29) is 6.61 Å². The van der Waals surface area contributed by atoms with Gasteiger partial charge in [0.15, 0.2) is 18.1 Å². The van der Waals surface area contributed by atoms with Gasteiger partial charge in [0.25, 0.3) is 5.91 Å². The van der Waals surface area contributed by atoms with Crippen LogP contribution in [0.3, 0.4) is 0 Å². The number of esters is 1. The normalized spacial score (nSPS) is 15.2. The topological polar surface area (TPSA) is 83.1 Å². The van der Waals surface area contributed by atoms with Gasteiger partial charge in [-0.1, -0.05) is 18.2 Å². The Morgan fingerprint density at radius 2 is 1.96 bits per heavy atom. The van der Waals surface area contributed by atoms with Gasteiger partial charge in [-0.25, -0.2) is 4.79 Å². The first-order valence-electron chi connectivity index (χ1n) is 7.65. The zero-order valence-electron chi connectivity index (χ0n) is 13.6. The van der Waals surface area contributed by atoms with E-state index in [1.165, 1.54) is 7.11 Å². The number of nitrogens with one attached hydrogen (secondary N) is 1. The van der Waals surface area contributed by atoms with Gasteiger partial charge in [-0.3, -0.25) is 4.79 Å². The van der Waals surface area contributed by atoms with Crippen molar-refractivity contribution in [2.24, 2.45) is 0 Å². The van der Waals surface area contributed by atoms with Gasteiger partial charge >= 0.3 is 5.97 Å². The van der Waals surface area contributed by atoms with Crippen molar-refractivity contribution in [1.82, 2.24) is 0 Å². The highest BCUT2D eigenvalue weighted by atomic mass is 16.6. The number of ether oxygens (including phenoxy) is 4. The Labute approximate surface area is 144 Å². The Balaban J connectivity index is 1.50. The zero-order valence-corrected chi connectivity index (χ0v) is 13.6. The summed E-state index contributed by atoms with van der Waals surface area (Å²) in [6.45, 7) is -0.384. The molecule has 0 bridgehead atoms. The van der Waals surface area contributed by atoms with Crippen molar-refractivity contribution in [2.75, 3.05) is 25.6 Å². The molecule has 1 aliphatic heterocycles. The Morgan fingerprint density at radius 3 is 2.76 bits per heavy atom. The molecule has 0 aromatic heterocycles. The van der Waals surface area contributed by atoms with Crippen LogP contribution in [0.4, 0.5) is 5.69 Å². The molecule has 0 radical (unpaired) electrons. The van der Waals surface area contributed by atoms with Gasteiger partial charge in [0.1, 0.15) is 12.4 Å². The molecular weight excluding hydrogens is 326 g/mol. The minimum Gasteiger partial charge on any atom is -0.497 e. The lowest BCUT2D eigenvalue weighted by molar-refractivity contribution is -0.156. The third-order valence-corrected chi connectivity index (χ3v) is 3.47.